The molecule has 2 aromatic heterocycles. The van der Waals surface area contributed by atoms with E-state index in [2.05, 4.69) is 222 Å². The van der Waals surface area contributed by atoms with Gasteiger partial charge in [0.05, 0.1) is 0 Å². The van der Waals surface area contributed by atoms with Crippen LogP contribution < -0.4 is 26.2 Å². The van der Waals surface area contributed by atoms with Crippen molar-refractivity contribution in [2.24, 2.45) is 0 Å². The molecule has 2 aliphatic heterocycles. The molecule has 0 radical (unpaired) electrons. The Hall–Kier alpha value is -7.08. The highest BCUT2D eigenvalue weighted by molar-refractivity contribution is 7.20. The van der Waals surface area contributed by atoms with Crippen molar-refractivity contribution >= 4 is 106 Å². The largest absolute Gasteiger partial charge is 0.455 e. The van der Waals surface area contributed by atoms with Crippen molar-refractivity contribution in [2.75, 3.05) is 9.80 Å². The van der Waals surface area contributed by atoms with Crippen LogP contribution in [0.3, 0.4) is 0 Å². The van der Waals surface area contributed by atoms with E-state index in [1.165, 1.54) is 93.2 Å². The number of furan rings is 1. The number of hydrogen-bond donors (Lipinski definition) is 0. The summed E-state index contributed by atoms with van der Waals surface area (Å²) in [5.41, 5.74) is 23.3. The van der Waals surface area contributed by atoms with Crippen LogP contribution in [0.2, 0.25) is 0 Å². The third-order valence-electron chi connectivity index (χ3n) is 14.9. The molecule has 3 nitrogen and oxygen atoms in total. The van der Waals surface area contributed by atoms with Gasteiger partial charge in [0, 0.05) is 60.0 Å². The van der Waals surface area contributed by atoms with Crippen LogP contribution in [-0.4, -0.2) is 6.71 Å². The summed E-state index contributed by atoms with van der Waals surface area (Å²) in [5, 5.41) is 3.70. The summed E-state index contributed by atoms with van der Waals surface area (Å²) in [5.74, 6) is 0. The fraction of sp³-hybridized carbons (Fsp3) is 0.175. The maximum atomic E-state index is 6.52. The highest BCUT2D eigenvalue weighted by Gasteiger charge is 2.44. The van der Waals surface area contributed by atoms with Gasteiger partial charge in [-0.05, 0) is 152 Å². The summed E-state index contributed by atoms with van der Waals surface area (Å²) in [6.07, 6.45) is 4.62. The van der Waals surface area contributed by atoms with Crippen molar-refractivity contribution < 1.29 is 4.42 Å². The maximum absolute atomic E-state index is 6.52. The Morgan fingerprint density at radius 2 is 1.18 bits per heavy atom. The van der Waals surface area contributed by atoms with Gasteiger partial charge >= 0.3 is 0 Å². The average Bonchev–Trinajstić information content (AvgIpc) is 3.92. The zero-order valence-corrected chi connectivity index (χ0v) is 40.7. The zero-order chi connectivity index (χ0) is 46.2. The number of fused-ring (bicyclic) bond motifs is 10. The second-order valence-corrected chi connectivity index (χ2v) is 22.4. The van der Waals surface area contributed by atoms with Crippen LogP contribution in [0.5, 0.6) is 0 Å². The van der Waals surface area contributed by atoms with E-state index in [0.717, 1.165) is 51.6 Å². The second kappa shape index (κ2) is 15.0. The minimum Gasteiger partial charge on any atom is -0.455 e. The molecule has 0 saturated heterocycles. The number of benzene rings is 8. The molecule has 0 N–H and O–H groups in total. The Balaban J connectivity index is 0.991. The van der Waals surface area contributed by atoms with Crippen LogP contribution in [0.15, 0.2) is 174 Å². The van der Waals surface area contributed by atoms with E-state index in [1.807, 2.05) is 17.4 Å². The minimum absolute atomic E-state index is 0.0265. The Morgan fingerprint density at radius 3 is 1.91 bits per heavy atom. The molecule has 3 aliphatic rings. The van der Waals surface area contributed by atoms with Gasteiger partial charge in [-0.1, -0.05) is 151 Å². The lowest BCUT2D eigenvalue weighted by molar-refractivity contribution is 0.590. The summed E-state index contributed by atoms with van der Waals surface area (Å²) in [4.78, 5) is 6.53. The first-order valence-corrected chi connectivity index (χ1v) is 25.1. The van der Waals surface area contributed by atoms with Crippen molar-refractivity contribution in [1.82, 2.24) is 0 Å². The minimum atomic E-state index is -0.0270. The number of rotatable bonds is 4. The van der Waals surface area contributed by atoms with Gasteiger partial charge in [0.2, 0.25) is 0 Å². The third-order valence-corrected chi connectivity index (χ3v) is 16.2. The maximum Gasteiger partial charge on any atom is 0.252 e. The zero-order valence-electron chi connectivity index (χ0n) is 39.9. The predicted molar refractivity (Wildman–Crippen MR) is 293 cm³/mol. The average molecular weight is 897 g/mol. The van der Waals surface area contributed by atoms with Gasteiger partial charge in [-0.25, -0.2) is 0 Å². The topological polar surface area (TPSA) is 19.6 Å². The molecule has 68 heavy (non-hydrogen) atoms. The molecular weight excluding hydrogens is 844 g/mol. The molecule has 5 heteroatoms. The molecular formula is C63H53BN2OS. The first kappa shape index (κ1) is 41.1. The quantitative estimate of drug-likeness (QED) is 0.164. The predicted octanol–water partition coefficient (Wildman–Crippen LogP) is 15.8. The summed E-state index contributed by atoms with van der Waals surface area (Å²) in [6.45, 7) is 16.3. The molecule has 0 atom stereocenters. The Morgan fingerprint density at radius 1 is 0.544 bits per heavy atom. The molecule has 13 rings (SSSR count). The van der Waals surface area contributed by atoms with Crippen molar-refractivity contribution in [3.63, 3.8) is 0 Å². The van der Waals surface area contributed by atoms with Crippen LogP contribution in [0, 0.1) is 6.92 Å². The third kappa shape index (κ3) is 6.32. The van der Waals surface area contributed by atoms with Gasteiger partial charge < -0.3 is 14.2 Å². The molecule has 10 aromatic rings. The van der Waals surface area contributed by atoms with E-state index in [0.29, 0.717) is 0 Å². The smallest absolute Gasteiger partial charge is 0.252 e. The lowest BCUT2D eigenvalue weighted by Gasteiger charge is -2.45. The van der Waals surface area contributed by atoms with Crippen molar-refractivity contribution in [1.29, 1.82) is 0 Å². The number of aryl methyl sites for hydroxylation is 2. The van der Waals surface area contributed by atoms with Crippen LogP contribution in [0.1, 0.15) is 80.7 Å². The highest BCUT2D eigenvalue weighted by atomic mass is 32.1. The second-order valence-electron chi connectivity index (χ2n) is 21.3. The van der Waals surface area contributed by atoms with Gasteiger partial charge in [-0.2, -0.15) is 0 Å². The van der Waals surface area contributed by atoms with E-state index < -0.39 is 0 Å². The molecule has 0 amide bonds. The number of allylic oxidation sites excluding steroid dienone is 1. The van der Waals surface area contributed by atoms with Gasteiger partial charge in [-0.15, -0.1) is 11.3 Å². The Bertz CT molecular complexity index is 3730. The van der Waals surface area contributed by atoms with Crippen LogP contribution >= 0.6 is 11.3 Å². The summed E-state index contributed by atoms with van der Waals surface area (Å²) >= 11 is 1.94. The van der Waals surface area contributed by atoms with Gasteiger partial charge in [-0.3, -0.25) is 0 Å². The molecule has 1 aliphatic carbocycles. The number of hydrogen-bond acceptors (Lipinski definition) is 4. The van der Waals surface area contributed by atoms with Crippen molar-refractivity contribution in [3.05, 3.63) is 203 Å². The Labute approximate surface area is 404 Å². The summed E-state index contributed by atoms with van der Waals surface area (Å²) in [6, 6.07) is 61.8. The number of para-hydroxylation sites is 2. The van der Waals surface area contributed by atoms with E-state index in [1.54, 1.807) is 0 Å². The van der Waals surface area contributed by atoms with Gasteiger partial charge in [0.15, 0.2) is 0 Å². The van der Waals surface area contributed by atoms with E-state index in [9.17, 15) is 0 Å². The SMILES string of the molecule is Cc1cc2c3c(c1)N(c1ccc(C4=CCCc5c4sc4ccccc54)cc1)c1cc(C(C)(C)C)ccc1B3c1cc(C(C)(C)C)ccc1N2c1ccc(-c2cccc3c2oc2ccccc23)cc1. The molecule has 0 bridgehead atoms. The standard InChI is InChI=1S/C63H53BN2OS/c1-38-34-55-59-56(35-38)66(44-30-24-40(25-31-44)46-17-13-19-50-48-15-9-11-21-58(48)68-61(46)50)54-37-42(63(5,6)7)26-32-51(54)64(59)52-36-41(62(2,3)4)27-33-53(52)65(55)43-28-22-39(23-29-43)45-16-12-18-49-47-14-8-10-20-57(47)67-60(45)49/h8-12,14-18,20-37H,13,19H2,1-7H3. The number of nitrogens with zero attached hydrogens (tertiary/aromatic N) is 2. The van der Waals surface area contributed by atoms with Crippen LogP contribution in [0.25, 0.3) is 48.7 Å². The fourth-order valence-corrected chi connectivity index (χ4v) is 12.8. The lowest BCUT2D eigenvalue weighted by Crippen LogP contribution is -2.61. The van der Waals surface area contributed by atoms with E-state index in [-0.39, 0.29) is 17.5 Å². The van der Waals surface area contributed by atoms with E-state index in [4.69, 9.17) is 4.42 Å². The summed E-state index contributed by atoms with van der Waals surface area (Å²) in [7, 11) is 0. The molecule has 0 unspecified atom stereocenters. The molecule has 0 spiro atoms. The highest BCUT2D eigenvalue weighted by Crippen LogP contribution is 2.48. The Kier molecular flexibility index (Phi) is 9.05. The molecule has 330 valence electrons. The van der Waals surface area contributed by atoms with Crippen LogP contribution in [0.4, 0.5) is 34.1 Å². The summed E-state index contributed by atoms with van der Waals surface area (Å²) < 4.78 is 7.90. The fourth-order valence-electron chi connectivity index (χ4n) is 11.4. The first-order chi connectivity index (χ1) is 32.9. The number of anilines is 6. The lowest BCUT2D eigenvalue weighted by atomic mass is 9.33. The van der Waals surface area contributed by atoms with Crippen molar-refractivity contribution in [3.8, 4) is 11.1 Å². The molecule has 0 saturated carbocycles. The van der Waals surface area contributed by atoms with Gasteiger partial charge in [0.25, 0.3) is 6.71 Å². The van der Waals surface area contributed by atoms with Crippen molar-refractivity contribution in [2.45, 2.75) is 72.1 Å². The normalized spacial score (nSPS) is 14.3. The molecule has 4 heterocycles. The number of thiophene rings is 1. The van der Waals surface area contributed by atoms with Crippen LogP contribution in [-0.2, 0) is 17.3 Å². The monoisotopic (exact) mass is 896 g/mol. The molecule has 0 fully saturated rings. The van der Waals surface area contributed by atoms with E-state index >= 15 is 0 Å². The molecule has 8 aromatic carbocycles. The first-order valence-electron chi connectivity index (χ1n) is 24.2. The van der Waals surface area contributed by atoms with Gasteiger partial charge in [0.1, 0.15) is 11.2 Å².